The number of nitrogen functional groups attached to an aromatic ring is 1. The topological polar surface area (TPSA) is 110 Å². The zero-order chi connectivity index (χ0) is 13.0. The van der Waals surface area contributed by atoms with E-state index in [4.69, 9.17) is 5.84 Å². The summed E-state index contributed by atoms with van der Waals surface area (Å²) in [5.41, 5.74) is 2.25. The second-order valence-electron chi connectivity index (χ2n) is 3.92. The summed E-state index contributed by atoms with van der Waals surface area (Å²) < 4.78 is 26.8. The van der Waals surface area contributed by atoms with Crippen molar-refractivity contribution in [3.8, 4) is 0 Å². The van der Waals surface area contributed by atoms with Crippen LogP contribution >= 0.6 is 11.8 Å². The molecule has 1 atom stereocenters. The number of sulfonamides is 1. The fourth-order valence-corrected chi connectivity index (χ4v) is 3.99. The first kappa shape index (κ1) is 13.5. The van der Waals surface area contributed by atoms with Crippen molar-refractivity contribution in [1.82, 2.24) is 14.7 Å². The van der Waals surface area contributed by atoms with Gasteiger partial charge in [-0.15, -0.1) is 0 Å². The van der Waals surface area contributed by atoms with Crippen molar-refractivity contribution in [3.05, 3.63) is 12.4 Å². The number of aromatic nitrogens is 2. The zero-order valence-corrected chi connectivity index (χ0v) is 11.3. The minimum absolute atomic E-state index is 0.0129. The SMILES string of the molecule is NNc1ncc(S(=O)(=O)NC2CCCSC2)cn1. The number of nitrogens with two attached hydrogens (primary N) is 1. The van der Waals surface area contributed by atoms with Crippen molar-refractivity contribution in [2.24, 2.45) is 5.84 Å². The maximum Gasteiger partial charge on any atom is 0.243 e. The molecule has 7 nitrogen and oxygen atoms in total. The molecule has 1 aliphatic rings. The molecule has 1 saturated heterocycles. The molecule has 4 N–H and O–H groups in total. The Morgan fingerprint density at radius 3 is 2.67 bits per heavy atom. The maximum absolute atomic E-state index is 12.0. The monoisotopic (exact) mass is 289 g/mol. The average Bonchev–Trinajstić information content (AvgIpc) is 2.39. The minimum Gasteiger partial charge on any atom is -0.292 e. The van der Waals surface area contributed by atoms with E-state index in [0.717, 1.165) is 24.3 Å². The number of nitrogens with zero attached hydrogens (tertiary/aromatic N) is 2. The molecule has 0 spiro atoms. The summed E-state index contributed by atoms with van der Waals surface area (Å²) >= 11 is 1.76. The third-order valence-electron chi connectivity index (χ3n) is 2.55. The number of rotatable bonds is 4. The fraction of sp³-hybridized carbons (Fsp3) is 0.556. The van der Waals surface area contributed by atoms with Crippen molar-refractivity contribution in [3.63, 3.8) is 0 Å². The van der Waals surface area contributed by atoms with Gasteiger partial charge in [0.15, 0.2) is 0 Å². The number of hydrogen-bond acceptors (Lipinski definition) is 7. The highest BCUT2D eigenvalue weighted by Crippen LogP contribution is 2.19. The van der Waals surface area contributed by atoms with E-state index >= 15 is 0 Å². The van der Waals surface area contributed by atoms with E-state index in [0.29, 0.717) is 0 Å². The first-order chi connectivity index (χ1) is 8.62. The normalized spacial score (nSPS) is 20.6. The van der Waals surface area contributed by atoms with Gasteiger partial charge in [-0.2, -0.15) is 11.8 Å². The van der Waals surface area contributed by atoms with E-state index in [1.54, 1.807) is 11.8 Å². The maximum atomic E-state index is 12.0. The summed E-state index contributed by atoms with van der Waals surface area (Å²) in [5, 5.41) is 0. The van der Waals surface area contributed by atoms with Gasteiger partial charge in [0.05, 0.1) is 12.4 Å². The molecule has 2 heterocycles. The van der Waals surface area contributed by atoms with E-state index in [9.17, 15) is 8.42 Å². The molecule has 18 heavy (non-hydrogen) atoms. The van der Waals surface area contributed by atoms with Gasteiger partial charge in [0.25, 0.3) is 0 Å². The van der Waals surface area contributed by atoms with Crippen LogP contribution in [0, 0.1) is 0 Å². The minimum atomic E-state index is -3.54. The van der Waals surface area contributed by atoms with E-state index in [1.807, 2.05) is 0 Å². The van der Waals surface area contributed by atoms with Crippen LogP contribution in [0.3, 0.4) is 0 Å². The summed E-state index contributed by atoms with van der Waals surface area (Å²) in [6.45, 7) is 0. The standard InChI is InChI=1S/C9H15N5O2S2/c10-13-9-11-4-8(5-12-9)18(15,16)14-7-2-1-3-17-6-7/h4-5,7,14H,1-3,6,10H2,(H,11,12,13). The Kier molecular flexibility index (Phi) is 4.38. The van der Waals surface area contributed by atoms with Gasteiger partial charge in [-0.25, -0.2) is 29.0 Å². The van der Waals surface area contributed by atoms with E-state index in [-0.39, 0.29) is 16.9 Å². The quantitative estimate of drug-likeness (QED) is 0.526. The summed E-state index contributed by atoms with van der Waals surface area (Å²) in [6.07, 6.45) is 4.38. The van der Waals surface area contributed by atoms with Crippen LogP contribution in [0.5, 0.6) is 0 Å². The predicted octanol–water partition coefficient (Wildman–Crippen LogP) is -0.0639. The molecule has 0 aliphatic carbocycles. The average molecular weight is 289 g/mol. The molecule has 1 aliphatic heterocycles. The van der Waals surface area contributed by atoms with Gasteiger partial charge in [-0.1, -0.05) is 0 Å². The summed E-state index contributed by atoms with van der Waals surface area (Å²) in [4.78, 5) is 7.62. The predicted molar refractivity (Wildman–Crippen MR) is 70.5 cm³/mol. The van der Waals surface area contributed by atoms with Gasteiger partial charge in [0, 0.05) is 11.8 Å². The molecule has 1 unspecified atom stereocenters. The van der Waals surface area contributed by atoms with Crippen LogP contribution in [0.25, 0.3) is 0 Å². The first-order valence-corrected chi connectivity index (χ1v) is 8.14. The van der Waals surface area contributed by atoms with Crippen molar-refractivity contribution in [1.29, 1.82) is 0 Å². The summed E-state index contributed by atoms with van der Waals surface area (Å²) in [5.74, 6) is 7.20. The molecule has 0 radical (unpaired) electrons. The number of thioether (sulfide) groups is 1. The van der Waals surface area contributed by atoms with Gasteiger partial charge in [-0.3, -0.25) is 5.43 Å². The van der Waals surface area contributed by atoms with Crippen molar-refractivity contribution in [2.75, 3.05) is 16.9 Å². The van der Waals surface area contributed by atoms with Crippen LogP contribution in [0.2, 0.25) is 0 Å². The summed E-state index contributed by atoms with van der Waals surface area (Å²) in [6, 6.07) is -0.0129. The molecule has 1 aromatic rings. The van der Waals surface area contributed by atoms with Gasteiger partial charge in [0.2, 0.25) is 16.0 Å². The molecule has 1 aromatic heterocycles. The Morgan fingerprint density at radius 1 is 1.39 bits per heavy atom. The molecule has 0 saturated carbocycles. The largest absolute Gasteiger partial charge is 0.292 e. The number of hydrogen-bond donors (Lipinski definition) is 3. The molecule has 0 bridgehead atoms. The molecule has 2 rings (SSSR count). The second kappa shape index (κ2) is 5.83. The Hall–Kier alpha value is -0.900. The van der Waals surface area contributed by atoms with Gasteiger partial charge in [-0.05, 0) is 18.6 Å². The van der Waals surface area contributed by atoms with Crippen LogP contribution in [0.4, 0.5) is 5.95 Å². The highest BCUT2D eigenvalue weighted by molar-refractivity contribution is 7.99. The molecule has 9 heteroatoms. The molecule has 1 fully saturated rings. The first-order valence-electron chi connectivity index (χ1n) is 5.50. The molecule has 0 amide bonds. The van der Waals surface area contributed by atoms with Crippen LogP contribution in [0.1, 0.15) is 12.8 Å². The van der Waals surface area contributed by atoms with E-state index in [1.165, 1.54) is 12.4 Å². The highest BCUT2D eigenvalue weighted by atomic mass is 32.2. The Bertz CT molecular complexity index is 484. The van der Waals surface area contributed by atoms with Crippen LogP contribution < -0.4 is 16.0 Å². The number of anilines is 1. The third kappa shape index (κ3) is 3.31. The lowest BCUT2D eigenvalue weighted by molar-refractivity contribution is 0.542. The van der Waals surface area contributed by atoms with Crippen LogP contribution in [-0.2, 0) is 10.0 Å². The summed E-state index contributed by atoms with van der Waals surface area (Å²) in [7, 11) is -3.54. The smallest absolute Gasteiger partial charge is 0.243 e. The van der Waals surface area contributed by atoms with E-state index < -0.39 is 10.0 Å². The molecule has 0 aromatic carbocycles. The number of hydrazine groups is 1. The molecular formula is C9H15N5O2S2. The second-order valence-corrected chi connectivity index (χ2v) is 6.79. The van der Waals surface area contributed by atoms with Crippen molar-refractivity contribution < 1.29 is 8.42 Å². The molecular weight excluding hydrogens is 274 g/mol. The van der Waals surface area contributed by atoms with Crippen molar-refractivity contribution >= 4 is 27.7 Å². The fourth-order valence-electron chi connectivity index (χ4n) is 1.65. The third-order valence-corrected chi connectivity index (χ3v) is 5.24. The zero-order valence-electron chi connectivity index (χ0n) is 9.67. The van der Waals surface area contributed by atoms with Crippen molar-refractivity contribution in [2.45, 2.75) is 23.8 Å². The van der Waals surface area contributed by atoms with Crippen LogP contribution in [-0.4, -0.2) is 35.9 Å². The van der Waals surface area contributed by atoms with Gasteiger partial charge >= 0.3 is 0 Å². The van der Waals surface area contributed by atoms with E-state index in [2.05, 4.69) is 20.1 Å². The molecule has 100 valence electrons. The lowest BCUT2D eigenvalue weighted by atomic mass is 10.2. The lowest BCUT2D eigenvalue weighted by Gasteiger charge is -2.22. The highest BCUT2D eigenvalue weighted by Gasteiger charge is 2.22. The van der Waals surface area contributed by atoms with Gasteiger partial charge in [0.1, 0.15) is 4.90 Å². The Labute approximate surface area is 110 Å². The number of nitrogens with one attached hydrogen (secondary N) is 2. The Balaban J connectivity index is 2.08. The van der Waals surface area contributed by atoms with Gasteiger partial charge < -0.3 is 0 Å². The Morgan fingerprint density at radius 2 is 2.11 bits per heavy atom. The van der Waals surface area contributed by atoms with Crippen LogP contribution in [0.15, 0.2) is 17.3 Å². The lowest BCUT2D eigenvalue weighted by Crippen LogP contribution is -2.38.